The van der Waals surface area contributed by atoms with Gasteiger partial charge in [0.1, 0.15) is 5.75 Å². The van der Waals surface area contributed by atoms with E-state index in [-0.39, 0.29) is 5.75 Å². The Hall–Kier alpha value is -1.36. The lowest BCUT2D eigenvalue weighted by Crippen LogP contribution is -2.43. The van der Waals surface area contributed by atoms with E-state index < -0.39 is 6.61 Å². The van der Waals surface area contributed by atoms with Gasteiger partial charge < -0.3 is 15.0 Å². The number of nitrogens with one attached hydrogen (secondary N) is 1. The second-order valence-electron chi connectivity index (χ2n) is 3.61. The van der Waals surface area contributed by atoms with Crippen molar-refractivity contribution < 1.29 is 13.5 Å². The molecule has 1 aliphatic rings. The lowest BCUT2D eigenvalue weighted by molar-refractivity contribution is -0.0498. The van der Waals surface area contributed by atoms with Crippen LogP contribution in [0.5, 0.6) is 5.75 Å². The van der Waals surface area contributed by atoms with Gasteiger partial charge in [-0.05, 0) is 24.3 Å². The van der Waals surface area contributed by atoms with Crippen LogP contribution in [-0.4, -0.2) is 32.8 Å². The lowest BCUT2D eigenvalue weighted by atomic mass is 10.2. The minimum absolute atomic E-state index is 0.203. The molecular weight excluding hydrogens is 214 g/mol. The highest BCUT2D eigenvalue weighted by Crippen LogP contribution is 2.20. The molecule has 1 aromatic carbocycles. The third kappa shape index (κ3) is 2.82. The van der Waals surface area contributed by atoms with Gasteiger partial charge in [-0.25, -0.2) is 0 Å². The quantitative estimate of drug-likeness (QED) is 0.852. The minimum atomic E-state index is -2.76. The number of nitrogens with zero attached hydrogens (tertiary/aromatic N) is 1. The summed E-state index contributed by atoms with van der Waals surface area (Å²) < 4.78 is 28.2. The van der Waals surface area contributed by atoms with Crippen LogP contribution in [0.1, 0.15) is 0 Å². The Bertz CT molecular complexity index is 323. The number of ether oxygens (including phenoxy) is 1. The highest BCUT2D eigenvalue weighted by atomic mass is 19.3. The molecule has 1 aromatic rings. The summed E-state index contributed by atoms with van der Waals surface area (Å²) in [6.45, 7) is 1.03. The third-order valence-corrected chi connectivity index (χ3v) is 2.54. The minimum Gasteiger partial charge on any atom is -0.435 e. The zero-order chi connectivity index (χ0) is 11.4. The maximum atomic E-state index is 11.9. The van der Waals surface area contributed by atoms with E-state index in [1.165, 1.54) is 0 Å². The molecule has 1 heterocycles. The van der Waals surface area contributed by atoms with Crippen LogP contribution in [0.2, 0.25) is 0 Å². The number of rotatable bonds is 3. The molecule has 0 atom stereocenters. The molecule has 0 radical (unpaired) electrons. The first kappa shape index (κ1) is 11.1. The molecule has 0 unspecified atom stereocenters. The van der Waals surface area contributed by atoms with Crippen molar-refractivity contribution in [2.75, 3.05) is 31.1 Å². The fourth-order valence-corrected chi connectivity index (χ4v) is 1.76. The van der Waals surface area contributed by atoms with Gasteiger partial charge >= 0.3 is 6.61 Å². The maximum absolute atomic E-state index is 11.9. The van der Waals surface area contributed by atoms with Crippen molar-refractivity contribution >= 4 is 5.69 Å². The summed E-state index contributed by atoms with van der Waals surface area (Å²) in [5, 5.41) is 3.26. The molecule has 88 valence electrons. The maximum Gasteiger partial charge on any atom is 0.387 e. The molecule has 0 saturated carbocycles. The molecule has 1 N–H and O–H groups in total. The van der Waals surface area contributed by atoms with Crippen LogP contribution >= 0.6 is 0 Å². The summed E-state index contributed by atoms with van der Waals surface area (Å²) in [5.74, 6) is 0.203. The summed E-state index contributed by atoms with van der Waals surface area (Å²) in [7, 11) is 0. The summed E-state index contributed by atoms with van der Waals surface area (Å²) in [6.07, 6.45) is 0. The molecule has 0 spiro atoms. The van der Waals surface area contributed by atoms with E-state index in [0.717, 1.165) is 31.9 Å². The molecular formula is C11H14F2N2O. The molecule has 1 saturated heterocycles. The van der Waals surface area contributed by atoms with Crippen molar-refractivity contribution in [3.63, 3.8) is 0 Å². The van der Waals surface area contributed by atoms with E-state index in [2.05, 4.69) is 15.0 Å². The van der Waals surface area contributed by atoms with Crippen molar-refractivity contribution in [1.29, 1.82) is 0 Å². The van der Waals surface area contributed by atoms with Crippen molar-refractivity contribution in [3.05, 3.63) is 24.3 Å². The highest BCUT2D eigenvalue weighted by Gasteiger charge is 2.10. The van der Waals surface area contributed by atoms with Crippen LogP contribution in [0.15, 0.2) is 24.3 Å². The van der Waals surface area contributed by atoms with Gasteiger partial charge in [0.05, 0.1) is 0 Å². The van der Waals surface area contributed by atoms with Gasteiger partial charge in [0.15, 0.2) is 0 Å². The Morgan fingerprint density at radius 3 is 2.31 bits per heavy atom. The second kappa shape index (κ2) is 5.12. The Labute approximate surface area is 93.0 Å². The normalized spacial score (nSPS) is 16.6. The summed E-state index contributed by atoms with van der Waals surface area (Å²) in [4.78, 5) is 2.21. The third-order valence-electron chi connectivity index (χ3n) is 2.54. The number of benzene rings is 1. The number of hydrogen-bond donors (Lipinski definition) is 1. The first-order valence-electron chi connectivity index (χ1n) is 5.26. The Morgan fingerprint density at radius 2 is 1.75 bits per heavy atom. The van der Waals surface area contributed by atoms with E-state index in [1.54, 1.807) is 12.1 Å². The molecule has 3 nitrogen and oxygen atoms in total. The predicted octanol–water partition coefficient (Wildman–Crippen LogP) is 1.70. The summed E-state index contributed by atoms with van der Waals surface area (Å²) >= 11 is 0. The van der Waals surface area contributed by atoms with Crippen molar-refractivity contribution in [3.8, 4) is 5.75 Å². The highest BCUT2D eigenvalue weighted by molar-refractivity contribution is 5.49. The zero-order valence-electron chi connectivity index (χ0n) is 8.83. The first-order chi connectivity index (χ1) is 7.75. The number of anilines is 1. The Kier molecular flexibility index (Phi) is 3.56. The van der Waals surface area contributed by atoms with Crippen LogP contribution in [0, 0.1) is 0 Å². The smallest absolute Gasteiger partial charge is 0.387 e. The van der Waals surface area contributed by atoms with E-state index in [4.69, 9.17) is 0 Å². The van der Waals surface area contributed by atoms with Crippen LogP contribution in [0.25, 0.3) is 0 Å². The monoisotopic (exact) mass is 228 g/mol. The van der Waals surface area contributed by atoms with E-state index >= 15 is 0 Å². The van der Waals surface area contributed by atoms with E-state index in [0.29, 0.717) is 0 Å². The molecule has 5 heteroatoms. The predicted molar refractivity (Wildman–Crippen MR) is 58.2 cm³/mol. The van der Waals surface area contributed by atoms with Crippen LogP contribution in [0.3, 0.4) is 0 Å². The fraction of sp³-hybridized carbons (Fsp3) is 0.455. The fourth-order valence-electron chi connectivity index (χ4n) is 1.76. The molecule has 16 heavy (non-hydrogen) atoms. The van der Waals surface area contributed by atoms with E-state index in [9.17, 15) is 8.78 Å². The van der Waals surface area contributed by atoms with Crippen molar-refractivity contribution in [1.82, 2.24) is 5.32 Å². The largest absolute Gasteiger partial charge is 0.435 e. The zero-order valence-corrected chi connectivity index (χ0v) is 8.83. The van der Waals surface area contributed by atoms with Gasteiger partial charge in [-0.3, -0.25) is 0 Å². The van der Waals surface area contributed by atoms with Gasteiger partial charge in [-0.15, -0.1) is 0 Å². The second-order valence-corrected chi connectivity index (χ2v) is 3.61. The molecule has 1 fully saturated rings. The van der Waals surface area contributed by atoms with Crippen molar-refractivity contribution in [2.45, 2.75) is 6.61 Å². The van der Waals surface area contributed by atoms with Crippen molar-refractivity contribution in [2.24, 2.45) is 0 Å². The van der Waals surface area contributed by atoms with Gasteiger partial charge in [-0.2, -0.15) is 8.78 Å². The summed E-state index contributed by atoms with van der Waals surface area (Å²) in [5.41, 5.74) is 1.04. The standard InChI is InChI=1S/C11H14F2N2O/c12-11(13)16-10-3-1-9(2-4-10)15-7-5-14-6-8-15/h1-4,11,14H,5-8H2. The van der Waals surface area contributed by atoms with Gasteiger partial charge in [0.25, 0.3) is 0 Å². The Morgan fingerprint density at radius 1 is 1.12 bits per heavy atom. The number of piperazine rings is 1. The SMILES string of the molecule is FC(F)Oc1ccc(N2CCNCC2)cc1. The van der Waals surface area contributed by atoms with Crippen LogP contribution < -0.4 is 15.0 Å². The molecule has 2 rings (SSSR count). The summed E-state index contributed by atoms with van der Waals surface area (Å²) in [6, 6.07) is 6.76. The Balaban J connectivity index is 2.00. The number of hydrogen-bond acceptors (Lipinski definition) is 3. The number of halogens is 2. The van der Waals surface area contributed by atoms with Gasteiger partial charge in [0.2, 0.25) is 0 Å². The topological polar surface area (TPSA) is 24.5 Å². The van der Waals surface area contributed by atoms with Crippen LogP contribution in [0.4, 0.5) is 14.5 Å². The first-order valence-corrected chi connectivity index (χ1v) is 5.26. The average molecular weight is 228 g/mol. The van der Waals surface area contributed by atoms with Crippen LogP contribution in [-0.2, 0) is 0 Å². The number of alkyl halides is 2. The van der Waals surface area contributed by atoms with E-state index in [1.807, 2.05) is 12.1 Å². The van der Waals surface area contributed by atoms with Gasteiger partial charge in [0, 0.05) is 31.9 Å². The molecule has 0 bridgehead atoms. The molecule has 0 aliphatic carbocycles. The molecule has 1 aliphatic heterocycles. The van der Waals surface area contributed by atoms with Gasteiger partial charge in [-0.1, -0.05) is 0 Å². The molecule has 0 amide bonds. The molecule has 0 aromatic heterocycles. The lowest BCUT2D eigenvalue weighted by Gasteiger charge is -2.29. The average Bonchev–Trinajstić information content (AvgIpc) is 2.30.